The van der Waals surface area contributed by atoms with Crippen molar-refractivity contribution in [2.45, 2.75) is 11.4 Å². The summed E-state index contributed by atoms with van der Waals surface area (Å²) < 4.78 is 32.0. The Morgan fingerprint density at radius 3 is 2.39 bits per heavy atom. The predicted molar refractivity (Wildman–Crippen MR) is 86.6 cm³/mol. The molecule has 0 bridgehead atoms. The van der Waals surface area contributed by atoms with E-state index in [9.17, 15) is 13.2 Å². The van der Waals surface area contributed by atoms with Crippen LogP contribution in [0.15, 0.2) is 53.4 Å². The summed E-state index contributed by atoms with van der Waals surface area (Å²) in [6.07, 6.45) is 0. The lowest BCUT2D eigenvalue weighted by Gasteiger charge is -2.09. The number of sulfonamides is 1. The maximum absolute atomic E-state index is 12.2. The molecule has 2 aromatic rings. The summed E-state index contributed by atoms with van der Waals surface area (Å²) in [5.74, 6) is -0.253. The smallest absolute Gasteiger partial charge is 0.255 e. The van der Waals surface area contributed by atoms with Crippen LogP contribution < -0.4 is 15.2 Å². The van der Waals surface area contributed by atoms with Crippen molar-refractivity contribution < 1.29 is 17.9 Å². The second kappa shape index (κ2) is 7.45. The van der Waals surface area contributed by atoms with Crippen molar-refractivity contribution in [1.29, 1.82) is 0 Å². The standard InChI is InChI=1S/C15H15ClN2O4S/c16-14-4-2-1-3-11(14)9-18-23(20,21)13-7-5-12(6-8-13)22-10-15(17)19/h1-8,18H,9-10H2,(H2,17,19). The van der Waals surface area contributed by atoms with E-state index in [-0.39, 0.29) is 18.0 Å². The molecule has 0 unspecified atom stereocenters. The minimum Gasteiger partial charge on any atom is -0.484 e. The molecule has 0 radical (unpaired) electrons. The highest BCUT2D eigenvalue weighted by atomic mass is 35.5. The van der Waals surface area contributed by atoms with E-state index in [4.69, 9.17) is 22.1 Å². The summed E-state index contributed by atoms with van der Waals surface area (Å²) in [5.41, 5.74) is 5.65. The number of hydrogen-bond acceptors (Lipinski definition) is 4. The maximum atomic E-state index is 12.2. The van der Waals surface area contributed by atoms with Gasteiger partial charge in [-0.25, -0.2) is 13.1 Å². The highest BCUT2D eigenvalue weighted by molar-refractivity contribution is 7.89. The molecule has 2 aromatic carbocycles. The molecule has 0 saturated carbocycles. The Hall–Kier alpha value is -2.09. The number of rotatable bonds is 7. The van der Waals surface area contributed by atoms with E-state index in [0.29, 0.717) is 16.3 Å². The predicted octanol–water partition coefficient (Wildman–Crippen LogP) is 1.68. The fraction of sp³-hybridized carbons (Fsp3) is 0.133. The van der Waals surface area contributed by atoms with Crippen LogP contribution in [0.25, 0.3) is 0 Å². The first kappa shape index (κ1) is 17.3. The Morgan fingerprint density at radius 1 is 1.13 bits per heavy atom. The highest BCUT2D eigenvalue weighted by Crippen LogP contribution is 2.18. The zero-order valence-corrected chi connectivity index (χ0v) is 13.6. The first-order chi connectivity index (χ1) is 10.9. The first-order valence-corrected chi connectivity index (χ1v) is 8.49. The lowest BCUT2D eigenvalue weighted by molar-refractivity contribution is -0.119. The summed E-state index contributed by atoms with van der Waals surface area (Å²) in [7, 11) is -3.68. The van der Waals surface area contributed by atoms with E-state index in [1.807, 2.05) is 0 Å². The molecule has 0 heterocycles. The van der Waals surface area contributed by atoms with Crippen LogP contribution in [0.5, 0.6) is 5.75 Å². The molecule has 3 N–H and O–H groups in total. The lowest BCUT2D eigenvalue weighted by atomic mass is 10.2. The number of halogens is 1. The summed E-state index contributed by atoms with van der Waals surface area (Å²) in [6, 6.07) is 12.6. The zero-order chi connectivity index (χ0) is 16.9. The number of nitrogens with one attached hydrogen (secondary N) is 1. The SMILES string of the molecule is NC(=O)COc1ccc(S(=O)(=O)NCc2ccccc2Cl)cc1. The van der Waals surface area contributed by atoms with E-state index >= 15 is 0 Å². The molecular formula is C15H15ClN2O4S. The minimum atomic E-state index is -3.68. The van der Waals surface area contributed by atoms with E-state index in [0.717, 1.165) is 0 Å². The maximum Gasteiger partial charge on any atom is 0.255 e. The normalized spacial score (nSPS) is 11.2. The summed E-state index contributed by atoms with van der Waals surface area (Å²) in [5, 5.41) is 0.491. The van der Waals surface area contributed by atoms with Crippen molar-refractivity contribution in [3.05, 3.63) is 59.1 Å². The van der Waals surface area contributed by atoms with Crippen LogP contribution in [0, 0.1) is 0 Å². The summed E-state index contributed by atoms with van der Waals surface area (Å²) in [4.78, 5) is 10.7. The molecule has 2 rings (SSSR count). The highest BCUT2D eigenvalue weighted by Gasteiger charge is 2.14. The third-order valence-corrected chi connectivity index (χ3v) is 4.71. The van der Waals surface area contributed by atoms with Crippen LogP contribution in [0.1, 0.15) is 5.56 Å². The first-order valence-electron chi connectivity index (χ1n) is 6.63. The zero-order valence-electron chi connectivity index (χ0n) is 12.0. The quantitative estimate of drug-likeness (QED) is 0.790. The average Bonchev–Trinajstić information content (AvgIpc) is 2.52. The van der Waals surface area contributed by atoms with Gasteiger partial charge in [-0.1, -0.05) is 29.8 Å². The monoisotopic (exact) mass is 354 g/mol. The van der Waals surface area contributed by atoms with Gasteiger partial charge < -0.3 is 10.5 Å². The van der Waals surface area contributed by atoms with Crippen LogP contribution in [-0.2, 0) is 21.4 Å². The van der Waals surface area contributed by atoms with Crippen LogP contribution in [0.3, 0.4) is 0 Å². The molecule has 1 amide bonds. The van der Waals surface area contributed by atoms with E-state index in [2.05, 4.69) is 4.72 Å². The number of amides is 1. The van der Waals surface area contributed by atoms with Crippen molar-refractivity contribution in [2.75, 3.05) is 6.61 Å². The third-order valence-electron chi connectivity index (χ3n) is 2.93. The summed E-state index contributed by atoms with van der Waals surface area (Å²) in [6.45, 7) is -0.182. The molecule has 0 saturated heterocycles. The van der Waals surface area contributed by atoms with Gasteiger partial charge in [0, 0.05) is 11.6 Å². The Labute approximate surface area is 139 Å². The number of ether oxygens (including phenoxy) is 1. The van der Waals surface area contributed by atoms with Gasteiger partial charge in [0.2, 0.25) is 10.0 Å². The van der Waals surface area contributed by atoms with E-state index < -0.39 is 15.9 Å². The molecule has 8 heteroatoms. The second-order valence-corrected chi connectivity index (χ2v) is 6.82. The largest absolute Gasteiger partial charge is 0.484 e. The molecule has 23 heavy (non-hydrogen) atoms. The number of primary amides is 1. The van der Waals surface area contributed by atoms with Crippen molar-refractivity contribution in [3.8, 4) is 5.75 Å². The van der Waals surface area contributed by atoms with Crippen LogP contribution in [0.2, 0.25) is 5.02 Å². The number of carbonyl (C=O) groups is 1. The lowest BCUT2D eigenvalue weighted by Crippen LogP contribution is -2.23. The number of nitrogens with two attached hydrogens (primary N) is 1. The van der Waals surface area contributed by atoms with E-state index in [1.54, 1.807) is 24.3 Å². The van der Waals surface area contributed by atoms with Gasteiger partial charge in [-0.15, -0.1) is 0 Å². The fourth-order valence-electron chi connectivity index (χ4n) is 1.77. The van der Waals surface area contributed by atoms with Crippen molar-refractivity contribution in [3.63, 3.8) is 0 Å². The Bertz CT molecular complexity index is 791. The Morgan fingerprint density at radius 2 is 1.78 bits per heavy atom. The van der Waals surface area contributed by atoms with Crippen LogP contribution >= 0.6 is 11.6 Å². The van der Waals surface area contributed by atoms with Crippen molar-refractivity contribution in [2.24, 2.45) is 5.73 Å². The molecular weight excluding hydrogens is 340 g/mol. The topological polar surface area (TPSA) is 98.5 Å². The fourth-order valence-corrected chi connectivity index (χ4v) is 2.98. The van der Waals surface area contributed by atoms with Crippen LogP contribution in [0.4, 0.5) is 0 Å². The Balaban J connectivity index is 2.04. The van der Waals surface area contributed by atoms with Crippen molar-refractivity contribution >= 4 is 27.5 Å². The second-order valence-electron chi connectivity index (χ2n) is 4.64. The van der Waals surface area contributed by atoms with Crippen LogP contribution in [-0.4, -0.2) is 20.9 Å². The number of hydrogen-bond donors (Lipinski definition) is 2. The number of carbonyl (C=O) groups excluding carboxylic acids is 1. The van der Waals surface area contributed by atoms with Gasteiger partial charge in [-0.05, 0) is 35.9 Å². The van der Waals surface area contributed by atoms with Gasteiger partial charge in [-0.2, -0.15) is 0 Å². The average molecular weight is 355 g/mol. The van der Waals surface area contributed by atoms with Gasteiger partial charge in [-0.3, -0.25) is 4.79 Å². The van der Waals surface area contributed by atoms with Gasteiger partial charge in [0.15, 0.2) is 6.61 Å². The molecule has 0 fully saturated rings. The molecule has 0 atom stereocenters. The summed E-state index contributed by atoms with van der Waals surface area (Å²) >= 11 is 5.99. The molecule has 6 nitrogen and oxygen atoms in total. The molecule has 122 valence electrons. The molecule has 0 aliphatic heterocycles. The van der Waals surface area contributed by atoms with E-state index in [1.165, 1.54) is 24.3 Å². The van der Waals surface area contributed by atoms with Crippen molar-refractivity contribution in [1.82, 2.24) is 4.72 Å². The molecule has 0 aromatic heterocycles. The third kappa shape index (κ3) is 4.95. The molecule has 0 spiro atoms. The Kier molecular flexibility index (Phi) is 5.59. The number of benzene rings is 2. The minimum absolute atomic E-state index is 0.0796. The van der Waals surface area contributed by atoms with Gasteiger partial charge in [0.25, 0.3) is 5.91 Å². The van der Waals surface area contributed by atoms with Gasteiger partial charge >= 0.3 is 0 Å². The van der Waals surface area contributed by atoms with Gasteiger partial charge in [0.05, 0.1) is 4.90 Å². The molecule has 0 aliphatic carbocycles. The molecule has 0 aliphatic rings. The van der Waals surface area contributed by atoms with Gasteiger partial charge in [0.1, 0.15) is 5.75 Å².